The van der Waals surface area contributed by atoms with Gasteiger partial charge in [-0.15, -0.1) is 0 Å². The number of rotatable bonds is 2. The summed E-state index contributed by atoms with van der Waals surface area (Å²) in [5, 5.41) is 0. The Morgan fingerprint density at radius 3 is 1.14 bits per heavy atom. The molecule has 0 N–H and O–H groups in total. The molecule has 0 aliphatic heterocycles. The predicted octanol–water partition coefficient (Wildman–Crippen LogP) is 5.13. The summed E-state index contributed by atoms with van der Waals surface area (Å²) < 4.78 is 9.88. The first kappa shape index (κ1) is 20.0. The van der Waals surface area contributed by atoms with E-state index in [4.69, 9.17) is 28.3 Å². The number of hydrogen-bond acceptors (Lipinski definition) is 2. The van der Waals surface area contributed by atoms with Gasteiger partial charge in [-0.3, -0.25) is 0 Å². The normalized spacial score (nSPS) is 8.76. The van der Waals surface area contributed by atoms with Crippen molar-refractivity contribution in [2.45, 2.75) is 0 Å². The van der Waals surface area contributed by atoms with E-state index in [1.54, 1.807) is 14.2 Å². The molecule has 2 nitrogen and oxygen atoms in total. The quantitative estimate of drug-likeness (QED) is 0.524. The van der Waals surface area contributed by atoms with E-state index in [0.29, 0.717) is 0 Å². The van der Waals surface area contributed by atoms with Crippen LogP contribution in [-0.2, 0) is 16.5 Å². The van der Waals surface area contributed by atoms with Crippen LogP contribution < -0.4 is 9.47 Å². The van der Waals surface area contributed by atoms with Gasteiger partial charge in [-0.1, -0.05) is 24.3 Å². The van der Waals surface area contributed by atoms with Crippen molar-refractivity contribution < 1.29 is 26.0 Å². The van der Waals surface area contributed by atoms with E-state index < -0.39 is 16.5 Å². The van der Waals surface area contributed by atoms with Crippen LogP contribution in [0.3, 0.4) is 0 Å². The average Bonchev–Trinajstić information content (AvgIpc) is 2.50. The van der Waals surface area contributed by atoms with Crippen LogP contribution in [0.2, 0.25) is 0 Å². The predicted molar refractivity (Wildman–Crippen MR) is 86.6 cm³/mol. The van der Waals surface area contributed by atoms with Gasteiger partial charge in [0.15, 0.2) is 0 Å². The van der Waals surface area contributed by atoms with E-state index in [0.717, 1.165) is 22.6 Å². The summed E-state index contributed by atoms with van der Waals surface area (Å²) in [6.07, 6.45) is 0. The fraction of sp³-hybridized carbons (Fsp3) is 0.125. The Kier molecular flexibility index (Phi) is 12.2. The zero-order valence-electron chi connectivity index (χ0n) is 11.9. The van der Waals surface area contributed by atoms with Gasteiger partial charge in [-0.05, 0) is 0 Å². The minimum atomic E-state index is -0.472. The van der Waals surface area contributed by atoms with Gasteiger partial charge < -0.3 is 9.47 Å². The molecule has 0 spiro atoms. The summed E-state index contributed by atoms with van der Waals surface area (Å²) in [5.74, 6) is 1.75. The molecule has 0 bridgehead atoms. The minimum absolute atomic E-state index is 0.472. The molecule has 0 heterocycles. The second-order valence-corrected chi connectivity index (χ2v) is 7.02. The molecule has 0 saturated carbocycles. The maximum absolute atomic E-state index is 4.94. The molecule has 5 heteroatoms. The fourth-order valence-corrected chi connectivity index (χ4v) is 1.25. The van der Waals surface area contributed by atoms with Gasteiger partial charge >= 0.3 is 35.3 Å². The molecular formula is C16H18Cl2O2Pt. The Morgan fingerprint density at radius 2 is 0.952 bits per heavy atom. The van der Waals surface area contributed by atoms with Gasteiger partial charge in [-0.25, -0.2) is 0 Å². The number of benzene rings is 2. The van der Waals surface area contributed by atoms with E-state index in [2.05, 4.69) is 13.8 Å². The molecule has 2 aromatic rings. The van der Waals surface area contributed by atoms with Crippen molar-refractivity contribution >= 4 is 18.8 Å². The van der Waals surface area contributed by atoms with E-state index in [1.807, 2.05) is 48.5 Å². The maximum atomic E-state index is 4.94. The third-order valence-corrected chi connectivity index (χ3v) is 2.32. The van der Waals surface area contributed by atoms with E-state index >= 15 is 0 Å². The molecule has 0 unspecified atom stereocenters. The number of hydrogen-bond donors (Lipinski definition) is 0. The van der Waals surface area contributed by atoms with Crippen LogP contribution in [0, 0.1) is 13.8 Å². The molecular weight excluding hydrogens is 490 g/mol. The fourth-order valence-electron chi connectivity index (χ4n) is 1.25. The summed E-state index contributed by atoms with van der Waals surface area (Å²) in [5.41, 5.74) is 2.02. The Bertz CT molecular complexity index is 427. The Labute approximate surface area is 143 Å². The van der Waals surface area contributed by atoms with Crippen LogP contribution in [0.15, 0.2) is 48.5 Å². The standard InChI is InChI=1S/2C8H9O.2ClH.Pt/c2*1-7-3-5-8(9-2)6-4-7;;;/h2*3-6H,1H2,2H3;2*1H;/q2*-1;;;+4/p-2. The second-order valence-electron chi connectivity index (χ2n) is 3.74. The van der Waals surface area contributed by atoms with Crippen molar-refractivity contribution in [2.75, 3.05) is 14.2 Å². The summed E-state index contributed by atoms with van der Waals surface area (Å²) >= 11 is -0.472. The molecule has 0 atom stereocenters. The molecule has 0 fully saturated rings. The first-order valence-electron chi connectivity index (χ1n) is 5.81. The van der Waals surface area contributed by atoms with Crippen molar-refractivity contribution in [2.24, 2.45) is 0 Å². The van der Waals surface area contributed by atoms with Gasteiger partial charge in [0.25, 0.3) is 0 Å². The van der Waals surface area contributed by atoms with Gasteiger partial charge in [0.2, 0.25) is 0 Å². The Balaban J connectivity index is 0.000000322. The second kappa shape index (κ2) is 12.8. The van der Waals surface area contributed by atoms with Crippen molar-refractivity contribution in [3.05, 3.63) is 73.5 Å². The average molecular weight is 508 g/mol. The molecule has 0 amide bonds. The van der Waals surface area contributed by atoms with Gasteiger partial charge in [0.1, 0.15) is 0 Å². The number of methoxy groups -OCH3 is 2. The van der Waals surface area contributed by atoms with Crippen LogP contribution in [0.4, 0.5) is 0 Å². The van der Waals surface area contributed by atoms with Crippen molar-refractivity contribution in [1.82, 2.24) is 0 Å². The third kappa shape index (κ3) is 10.4. The first-order valence-corrected chi connectivity index (χ1v) is 11.4. The summed E-state index contributed by atoms with van der Waals surface area (Å²) in [7, 11) is 13.1. The van der Waals surface area contributed by atoms with Crippen molar-refractivity contribution in [3.63, 3.8) is 0 Å². The molecule has 0 saturated heterocycles. The monoisotopic (exact) mass is 507 g/mol. The summed E-state index contributed by atoms with van der Waals surface area (Å²) in [6.45, 7) is 7.48. The number of halogens is 2. The third-order valence-electron chi connectivity index (χ3n) is 2.32. The first-order chi connectivity index (χ1) is 10.1. The zero-order valence-corrected chi connectivity index (χ0v) is 15.7. The molecule has 21 heavy (non-hydrogen) atoms. The summed E-state index contributed by atoms with van der Waals surface area (Å²) in [6, 6.07) is 15.2. The van der Waals surface area contributed by atoms with E-state index in [-0.39, 0.29) is 0 Å². The van der Waals surface area contributed by atoms with Gasteiger partial charge in [0.05, 0.1) is 25.7 Å². The molecule has 118 valence electrons. The SMILES string of the molecule is [CH2-]c1ccc(OC)cc1.[CH2-]c1ccc(OC)cc1.[Cl][Pt+2][Cl]. The van der Waals surface area contributed by atoms with Crippen LogP contribution in [0.1, 0.15) is 11.1 Å². The molecule has 0 radical (unpaired) electrons. The van der Waals surface area contributed by atoms with Crippen LogP contribution in [-0.4, -0.2) is 14.2 Å². The van der Waals surface area contributed by atoms with Crippen LogP contribution >= 0.6 is 18.8 Å². The van der Waals surface area contributed by atoms with E-state index in [1.165, 1.54) is 0 Å². The van der Waals surface area contributed by atoms with Crippen LogP contribution in [0.5, 0.6) is 11.5 Å². The topological polar surface area (TPSA) is 18.5 Å². The van der Waals surface area contributed by atoms with Gasteiger partial charge in [-0.2, -0.15) is 49.2 Å². The Hall–Kier alpha value is -0.952. The van der Waals surface area contributed by atoms with Crippen LogP contribution in [0.25, 0.3) is 0 Å². The van der Waals surface area contributed by atoms with Crippen molar-refractivity contribution in [1.29, 1.82) is 0 Å². The molecule has 0 aliphatic rings. The number of ether oxygens (including phenoxy) is 2. The molecule has 0 aliphatic carbocycles. The molecule has 0 aromatic heterocycles. The van der Waals surface area contributed by atoms with E-state index in [9.17, 15) is 0 Å². The Morgan fingerprint density at radius 1 is 0.714 bits per heavy atom. The molecule has 2 aromatic carbocycles. The molecule has 2 rings (SSSR count). The van der Waals surface area contributed by atoms with Crippen molar-refractivity contribution in [3.8, 4) is 11.5 Å². The summed E-state index contributed by atoms with van der Waals surface area (Å²) in [4.78, 5) is 0. The zero-order chi connectivity index (χ0) is 16.1. The van der Waals surface area contributed by atoms with Gasteiger partial charge in [0, 0.05) is 0 Å².